The van der Waals surface area contributed by atoms with E-state index in [0.29, 0.717) is 15.8 Å². The molecular weight excluding hydrogens is 458 g/mol. The Labute approximate surface area is 199 Å². The van der Waals surface area contributed by atoms with Gasteiger partial charge in [0, 0.05) is 5.41 Å². The van der Waals surface area contributed by atoms with E-state index >= 15 is 0 Å². The number of nitriles is 1. The van der Waals surface area contributed by atoms with Gasteiger partial charge in [-0.05, 0) is 49.2 Å². The molecule has 0 spiro atoms. The lowest BCUT2D eigenvalue weighted by Gasteiger charge is -2.15. The first-order valence-corrected chi connectivity index (χ1v) is 11.3. The summed E-state index contributed by atoms with van der Waals surface area (Å²) in [7, 11) is 0. The van der Waals surface area contributed by atoms with E-state index < -0.39 is 12.0 Å². The topological polar surface area (TPSA) is 72.1 Å². The van der Waals surface area contributed by atoms with Gasteiger partial charge in [-0.2, -0.15) is 14.0 Å². The molecular formula is C26H24F2N2O3S. The van der Waals surface area contributed by atoms with Gasteiger partial charge in [0.05, 0.1) is 10.2 Å². The van der Waals surface area contributed by atoms with Crippen LogP contribution in [0.3, 0.4) is 0 Å². The van der Waals surface area contributed by atoms with Crippen LogP contribution in [0.15, 0.2) is 47.3 Å². The first-order valence-electron chi connectivity index (χ1n) is 10.5. The molecule has 0 N–H and O–H groups in total. The van der Waals surface area contributed by atoms with Crippen molar-refractivity contribution in [1.82, 2.24) is 4.57 Å². The molecule has 0 bridgehead atoms. The molecule has 0 atom stereocenters. The molecule has 2 aromatic carbocycles. The summed E-state index contributed by atoms with van der Waals surface area (Å²) >= 11 is 1.04. The van der Waals surface area contributed by atoms with Gasteiger partial charge in [0.1, 0.15) is 22.1 Å². The number of aryl methyl sites for hydroxylation is 2. The Morgan fingerprint density at radius 1 is 1.15 bits per heavy atom. The van der Waals surface area contributed by atoms with Crippen molar-refractivity contribution in [3.63, 3.8) is 0 Å². The summed E-state index contributed by atoms with van der Waals surface area (Å²) in [5.41, 5.74) is 1.71. The maximum atomic E-state index is 13.5. The number of hydrogen-bond donors (Lipinski definition) is 0. The van der Waals surface area contributed by atoms with E-state index in [1.807, 2.05) is 32.0 Å². The number of halogens is 2. The normalized spacial score (nSPS) is 13.1. The van der Waals surface area contributed by atoms with Crippen molar-refractivity contribution in [1.29, 1.82) is 5.26 Å². The van der Waals surface area contributed by atoms with Gasteiger partial charge in [0.15, 0.2) is 5.78 Å². The molecule has 3 rings (SSSR count). The lowest BCUT2D eigenvalue weighted by Crippen LogP contribution is -2.33. The fourth-order valence-corrected chi connectivity index (χ4v) is 4.49. The molecule has 1 heterocycles. The average Bonchev–Trinajstić information content (AvgIpc) is 3.05. The van der Waals surface area contributed by atoms with E-state index in [4.69, 9.17) is 0 Å². The van der Waals surface area contributed by atoms with Crippen LogP contribution < -0.4 is 19.5 Å². The molecule has 0 saturated heterocycles. The molecule has 0 fully saturated rings. The number of hydrogen-bond acceptors (Lipinski definition) is 5. The van der Waals surface area contributed by atoms with Gasteiger partial charge in [0.2, 0.25) is 0 Å². The minimum Gasteiger partial charge on any atom is -0.435 e. The Bertz CT molecular complexity index is 1450. The number of thiazole rings is 1. The molecule has 0 aliphatic carbocycles. The molecule has 8 heteroatoms. The zero-order chi connectivity index (χ0) is 25.2. The predicted molar refractivity (Wildman–Crippen MR) is 129 cm³/mol. The summed E-state index contributed by atoms with van der Waals surface area (Å²) in [6, 6.07) is 13.4. The lowest BCUT2D eigenvalue weighted by molar-refractivity contribution is -0.120. The first kappa shape index (κ1) is 25.1. The van der Waals surface area contributed by atoms with Crippen LogP contribution in [0.2, 0.25) is 0 Å². The number of rotatable bonds is 5. The van der Waals surface area contributed by atoms with Gasteiger partial charge in [0.25, 0.3) is 5.56 Å². The summed E-state index contributed by atoms with van der Waals surface area (Å²) in [6.45, 7) is 6.02. The molecule has 34 heavy (non-hydrogen) atoms. The number of nitrogens with zero attached hydrogens (tertiary/aromatic N) is 2. The third-order valence-electron chi connectivity index (χ3n) is 5.05. The van der Waals surface area contributed by atoms with Crippen molar-refractivity contribution in [2.75, 3.05) is 0 Å². The fraction of sp³-hybridized carbons (Fsp3) is 0.269. The van der Waals surface area contributed by atoms with Crippen LogP contribution in [-0.2, 0) is 4.79 Å². The molecule has 0 aliphatic heterocycles. The van der Waals surface area contributed by atoms with Gasteiger partial charge >= 0.3 is 6.61 Å². The number of ether oxygens (including phenoxy) is 1. The number of Topliss-reactive ketones (excluding diaryl/α,β-unsaturated/α-hetero) is 1. The Morgan fingerprint density at radius 2 is 1.79 bits per heavy atom. The number of benzene rings is 2. The minimum absolute atomic E-state index is 0.00239. The highest BCUT2D eigenvalue weighted by molar-refractivity contribution is 7.07. The Balaban J connectivity index is 2.34. The van der Waals surface area contributed by atoms with Crippen LogP contribution in [0.4, 0.5) is 8.78 Å². The molecule has 0 amide bonds. The quantitative estimate of drug-likeness (QED) is 0.546. The highest BCUT2D eigenvalue weighted by Crippen LogP contribution is 2.21. The summed E-state index contributed by atoms with van der Waals surface area (Å²) in [4.78, 5) is 26.6. The van der Waals surface area contributed by atoms with Crippen molar-refractivity contribution >= 4 is 28.8 Å². The summed E-state index contributed by atoms with van der Waals surface area (Å²) in [6.07, 6.45) is 1.60. The third-order valence-corrected chi connectivity index (χ3v) is 6.15. The van der Waals surface area contributed by atoms with E-state index in [1.165, 1.54) is 16.7 Å². The minimum atomic E-state index is -2.93. The second kappa shape index (κ2) is 9.74. The van der Waals surface area contributed by atoms with Crippen LogP contribution in [0.25, 0.3) is 17.3 Å². The highest BCUT2D eigenvalue weighted by Gasteiger charge is 2.27. The van der Waals surface area contributed by atoms with E-state index in [0.717, 1.165) is 22.5 Å². The van der Waals surface area contributed by atoms with Crippen molar-refractivity contribution in [2.24, 2.45) is 5.41 Å². The zero-order valence-corrected chi connectivity index (χ0v) is 20.3. The van der Waals surface area contributed by atoms with Gasteiger partial charge in [-0.1, -0.05) is 50.6 Å². The van der Waals surface area contributed by atoms with E-state index in [2.05, 4.69) is 4.74 Å². The first-order chi connectivity index (χ1) is 15.9. The molecule has 176 valence electrons. The maximum absolute atomic E-state index is 13.5. The number of alkyl halides is 2. The molecule has 1 aromatic heterocycles. The van der Waals surface area contributed by atoms with Crippen LogP contribution in [0.5, 0.6) is 5.75 Å². The van der Waals surface area contributed by atoms with E-state index in [1.54, 1.807) is 45.0 Å². The van der Waals surface area contributed by atoms with Crippen molar-refractivity contribution in [3.05, 3.63) is 78.7 Å². The standard InChI is InChI=1S/C26H24F2N2O3S/c1-15-6-11-20(16(2)12-15)30-23(32)21(13-17-7-9-18(10-8-17)33-25(27)28)34-24(30)19(14-29)22(31)26(3,4)5/h6-13,25H,1-5H3. The molecule has 0 aliphatic rings. The second-order valence-electron chi connectivity index (χ2n) is 8.86. The van der Waals surface area contributed by atoms with E-state index in [-0.39, 0.29) is 27.3 Å². The van der Waals surface area contributed by atoms with Crippen LogP contribution in [-0.4, -0.2) is 17.0 Å². The van der Waals surface area contributed by atoms with Gasteiger partial charge in [-0.25, -0.2) is 0 Å². The molecule has 0 saturated carbocycles. The zero-order valence-electron chi connectivity index (χ0n) is 19.5. The van der Waals surface area contributed by atoms with Gasteiger partial charge < -0.3 is 4.74 Å². The lowest BCUT2D eigenvalue weighted by atomic mass is 9.87. The monoisotopic (exact) mass is 482 g/mol. The Kier molecular flexibility index (Phi) is 7.18. The van der Waals surface area contributed by atoms with Gasteiger partial charge in [-0.3, -0.25) is 14.2 Å². The summed E-state index contributed by atoms with van der Waals surface area (Å²) in [5, 5.41) is 9.89. The Morgan fingerprint density at radius 3 is 2.32 bits per heavy atom. The Hall–Kier alpha value is -3.57. The maximum Gasteiger partial charge on any atom is 0.387 e. The van der Waals surface area contributed by atoms with Crippen molar-refractivity contribution < 1.29 is 18.3 Å². The molecule has 5 nitrogen and oxygen atoms in total. The van der Waals surface area contributed by atoms with E-state index in [9.17, 15) is 23.6 Å². The predicted octanol–water partition coefficient (Wildman–Crippen LogP) is 4.24. The van der Waals surface area contributed by atoms with Crippen LogP contribution >= 0.6 is 11.3 Å². The summed E-state index contributed by atoms with van der Waals surface area (Å²) < 4.78 is 31.2. The van der Waals surface area contributed by atoms with Crippen molar-refractivity contribution in [3.8, 4) is 17.5 Å². The largest absolute Gasteiger partial charge is 0.435 e. The molecule has 0 radical (unpaired) electrons. The van der Waals surface area contributed by atoms with Crippen molar-refractivity contribution in [2.45, 2.75) is 41.2 Å². The second-order valence-corrected chi connectivity index (χ2v) is 9.89. The number of carbonyl (C=O) groups is 1. The number of ketones is 1. The van der Waals surface area contributed by atoms with Gasteiger partial charge in [-0.15, -0.1) is 11.3 Å². The van der Waals surface area contributed by atoms with Crippen LogP contribution in [0, 0.1) is 30.6 Å². The average molecular weight is 483 g/mol. The number of aromatic nitrogens is 1. The smallest absolute Gasteiger partial charge is 0.387 e. The molecule has 3 aromatic rings. The molecule has 0 unspecified atom stereocenters. The summed E-state index contributed by atoms with van der Waals surface area (Å²) in [5.74, 6) is -0.364. The SMILES string of the molecule is Cc1ccc(-n2c(=C(C#N)C(=O)C(C)(C)C)sc(=Cc3ccc(OC(F)F)cc3)c2=O)c(C)c1. The number of carbonyl (C=O) groups excluding carboxylic acids is 1. The third kappa shape index (κ3) is 5.32. The highest BCUT2D eigenvalue weighted by atomic mass is 32.1. The van der Waals surface area contributed by atoms with Crippen LogP contribution in [0.1, 0.15) is 37.5 Å². The fourth-order valence-electron chi connectivity index (χ4n) is 3.39.